The first kappa shape index (κ1) is 17.9. The highest BCUT2D eigenvalue weighted by Gasteiger charge is 2.11. The molecule has 7 heteroatoms. The van der Waals surface area contributed by atoms with E-state index in [1.54, 1.807) is 37.1 Å². The van der Waals surface area contributed by atoms with Crippen molar-refractivity contribution in [1.29, 1.82) is 0 Å². The second kappa shape index (κ2) is 9.02. The molecule has 0 aliphatic carbocycles. The van der Waals surface area contributed by atoms with Crippen LogP contribution in [0.25, 0.3) is 0 Å². The van der Waals surface area contributed by atoms with E-state index in [4.69, 9.17) is 16.3 Å². The Bertz CT molecular complexity index is 511. The molecule has 1 aromatic rings. The lowest BCUT2D eigenvalue weighted by atomic mass is 10.3. The molecule has 0 atom stereocenters. The lowest BCUT2D eigenvalue weighted by molar-refractivity contribution is -0.143. The monoisotopic (exact) mass is 376 g/mol. The van der Waals surface area contributed by atoms with Crippen molar-refractivity contribution in [2.75, 3.05) is 32.1 Å². The van der Waals surface area contributed by atoms with Crippen LogP contribution < -0.4 is 5.32 Å². The number of nitrogens with zero attached hydrogens (tertiary/aromatic N) is 1. The van der Waals surface area contributed by atoms with Crippen LogP contribution in [0.15, 0.2) is 22.7 Å². The summed E-state index contributed by atoms with van der Waals surface area (Å²) in [5.41, 5.74) is 0.559. The number of carbonyl (C=O) groups is 2. The molecule has 1 aromatic carbocycles. The number of anilines is 1. The SMILES string of the molecule is CCOC(=O)CCN(C)CC(=O)Nc1ccc(Br)cc1Cl. The molecule has 0 unspecified atom stereocenters. The van der Waals surface area contributed by atoms with Gasteiger partial charge in [-0.1, -0.05) is 27.5 Å². The highest BCUT2D eigenvalue weighted by atomic mass is 79.9. The number of carbonyl (C=O) groups excluding carboxylic acids is 2. The summed E-state index contributed by atoms with van der Waals surface area (Å²) >= 11 is 9.33. The molecule has 21 heavy (non-hydrogen) atoms. The molecule has 0 radical (unpaired) electrons. The molecule has 0 aromatic heterocycles. The molecule has 0 fully saturated rings. The molecule has 1 amide bonds. The van der Waals surface area contributed by atoms with Gasteiger partial charge in [-0.15, -0.1) is 0 Å². The van der Waals surface area contributed by atoms with Gasteiger partial charge in [0, 0.05) is 11.0 Å². The Morgan fingerprint density at radius 2 is 2.14 bits per heavy atom. The molecule has 0 saturated heterocycles. The van der Waals surface area contributed by atoms with Crippen molar-refractivity contribution in [1.82, 2.24) is 4.90 Å². The minimum Gasteiger partial charge on any atom is -0.466 e. The van der Waals surface area contributed by atoms with Gasteiger partial charge in [-0.25, -0.2) is 0 Å². The number of likely N-dealkylation sites (N-methyl/N-ethyl adjacent to an activating group) is 1. The number of rotatable bonds is 7. The van der Waals surface area contributed by atoms with Crippen molar-refractivity contribution >= 4 is 45.1 Å². The van der Waals surface area contributed by atoms with E-state index >= 15 is 0 Å². The lowest BCUT2D eigenvalue weighted by Gasteiger charge is -2.16. The zero-order valence-electron chi connectivity index (χ0n) is 12.0. The van der Waals surface area contributed by atoms with Gasteiger partial charge in [0.25, 0.3) is 0 Å². The van der Waals surface area contributed by atoms with E-state index in [1.807, 2.05) is 0 Å². The van der Waals surface area contributed by atoms with Crippen LogP contribution in [0.1, 0.15) is 13.3 Å². The van der Waals surface area contributed by atoms with Crippen LogP contribution >= 0.6 is 27.5 Å². The van der Waals surface area contributed by atoms with E-state index in [-0.39, 0.29) is 24.8 Å². The fourth-order valence-corrected chi connectivity index (χ4v) is 2.34. The molecule has 0 bridgehead atoms. The normalized spacial score (nSPS) is 10.5. The molecular formula is C14H18BrClN2O3. The van der Waals surface area contributed by atoms with Crippen LogP contribution in [0.5, 0.6) is 0 Å². The van der Waals surface area contributed by atoms with Crippen LogP contribution in [0.4, 0.5) is 5.69 Å². The van der Waals surface area contributed by atoms with Gasteiger partial charge in [-0.3, -0.25) is 14.5 Å². The van der Waals surface area contributed by atoms with E-state index in [0.717, 1.165) is 4.47 Å². The van der Waals surface area contributed by atoms with Gasteiger partial charge >= 0.3 is 5.97 Å². The molecule has 0 spiro atoms. The summed E-state index contributed by atoms with van der Waals surface area (Å²) in [4.78, 5) is 24.9. The zero-order valence-corrected chi connectivity index (χ0v) is 14.3. The third-order valence-corrected chi connectivity index (χ3v) is 3.43. The largest absolute Gasteiger partial charge is 0.466 e. The van der Waals surface area contributed by atoms with E-state index in [2.05, 4.69) is 21.2 Å². The summed E-state index contributed by atoms with van der Waals surface area (Å²) < 4.78 is 5.68. The maximum atomic E-state index is 11.9. The number of ether oxygens (including phenoxy) is 1. The van der Waals surface area contributed by atoms with Crippen molar-refractivity contribution < 1.29 is 14.3 Å². The molecule has 0 aliphatic rings. The number of halogens is 2. The first-order valence-corrected chi connectivity index (χ1v) is 7.68. The standard InChI is InChI=1S/C14H18BrClN2O3/c1-3-21-14(20)6-7-18(2)9-13(19)17-12-5-4-10(15)8-11(12)16/h4-5,8H,3,6-7,9H2,1-2H3,(H,17,19). The summed E-state index contributed by atoms with van der Waals surface area (Å²) in [5, 5.41) is 3.20. The summed E-state index contributed by atoms with van der Waals surface area (Å²) in [6.45, 7) is 2.76. The van der Waals surface area contributed by atoms with Crippen LogP contribution in [0, 0.1) is 0 Å². The van der Waals surface area contributed by atoms with E-state index < -0.39 is 0 Å². The third kappa shape index (κ3) is 6.93. The molecule has 0 aliphatic heterocycles. The van der Waals surface area contributed by atoms with Crippen molar-refractivity contribution in [3.8, 4) is 0 Å². The highest BCUT2D eigenvalue weighted by molar-refractivity contribution is 9.10. The van der Waals surface area contributed by atoms with Crippen molar-refractivity contribution in [2.24, 2.45) is 0 Å². The average Bonchev–Trinajstić information content (AvgIpc) is 2.40. The third-order valence-electron chi connectivity index (χ3n) is 2.62. The fraction of sp³-hybridized carbons (Fsp3) is 0.429. The van der Waals surface area contributed by atoms with Gasteiger partial charge < -0.3 is 10.1 Å². The van der Waals surface area contributed by atoms with Crippen molar-refractivity contribution in [3.63, 3.8) is 0 Å². The van der Waals surface area contributed by atoms with Gasteiger partial charge in [-0.05, 0) is 32.2 Å². The molecule has 0 saturated carbocycles. The predicted octanol–water partition coefficient (Wildman–Crippen LogP) is 2.93. The van der Waals surface area contributed by atoms with E-state index in [1.165, 1.54) is 0 Å². The van der Waals surface area contributed by atoms with Gasteiger partial charge in [0.1, 0.15) is 0 Å². The molecular weight excluding hydrogens is 360 g/mol. The smallest absolute Gasteiger partial charge is 0.307 e. The first-order chi connectivity index (χ1) is 9.92. The van der Waals surface area contributed by atoms with Crippen LogP contribution in [-0.2, 0) is 14.3 Å². The Labute approximate surface area is 137 Å². The molecule has 5 nitrogen and oxygen atoms in total. The predicted molar refractivity (Wildman–Crippen MR) is 86.5 cm³/mol. The van der Waals surface area contributed by atoms with Gasteiger partial charge in [0.2, 0.25) is 5.91 Å². The Kier molecular flexibility index (Phi) is 7.71. The fourth-order valence-electron chi connectivity index (χ4n) is 1.62. The Hall–Kier alpha value is -1.11. The Morgan fingerprint density at radius 3 is 2.76 bits per heavy atom. The summed E-state index contributed by atoms with van der Waals surface area (Å²) in [6.07, 6.45) is 0.261. The Balaban J connectivity index is 2.40. The minimum atomic E-state index is -0.263. The van der Waals surface area contributed by atoms with Gasteiger partial charge in [0.15, 0.2) is 0 Å². The summed E-state index contributed by atoms with van der Waals surface area (Å²) in [6, 6.07) is 5.23. The number of nitrogens with one attached hydrogen (secondary N) is 1. The highest BCUT2D eigenvalue weighted by Crippen LogP contribution is 2.25. The zero-order chi connectivity index (χ0) is 15.8. The van der Waals surface area contributed by atoms with Crippen LogP contribution in [-0.4, -0.2) is 43.5 Å². The topological polar surface area (TPSA) is 58.6 Å². The van der Waals surface area contributed by atoms with Crippen LogP contribution in [0.3, 0.4) is 0 Å². The number of hydrogen-bond donors (Lipinski definition) is 1. The molecule has 116 valence electrons. The van der Waals surface area contributed by atoms with Gasteiger partial charge in [0.05, 0.1) is 30.3 Å². The second-order valence-electron chi connectivity index (χ2n) is 4.47. The van der Waals surface area contributed by atoms with E-state index in [0.29, 0.717) is 23.9 Å². The molecule has 0 heterocycles. The second-order valence-corrected chi connectivity index (χ2v) is 5.79. The maximum absolute atomic E-state index is 11.9. The molecule has 1 rings (SSSR count). The number of esters is 1. The summed E-state index contributed by atoms with van der Waals surface area (Å²) in [7, 11) is 1.77. The molecule has 1 N–H and O–H groups in total. The van der Waals surface area contributed by atoms with Crippen molar-refractivity contribution in [3.05, 3.63) is 27.7 Å². The quantitative estimate of drug-likeness (QED) is 0.742. The first-order valence-electron chi connectivity index (χ1n) is 6.51. The average molecular weight is 378 g/mol. The van der Waals surface area contributed by atoms with Crippen LogP contribution in [0.2, 0.25) is 5.02 Å². The number of hydrogen-bond acceptors (Lipinski definition) is 4. The number of amides is 1. The summed E-state index contributed by atoms with van der Waals surface area (Å²) in [5.74, 6) is -0.453. The van der Waals surface area contributed by atoms with Gasteiger partial charge in [-0.2, -0.15) is 0 Å². The number of benzene rings is 1. The lowest BCUT2D eigenvalue weighted by Crippen LogP contribution is -2.32. The van der Waals surface area contributed by atoms with E-state index in [9.17, 15) is 9.59 Å². The minimum absolute atomic E-state index is 0.172. The van der Waals surface area contributed by atoms with Crippen molar-refractivity contribution in [2.45, 2.75) is 13.3 Å². The maximum Gasteiger partial charge on any atom is 0.307 e. The Morgan fingerprint density at radius 1 is 1.43 bits per heavy atom.